The first kappa shape index (κ1) is 16.1. The van der Waals surface area contributed by atoms with Gasteiger partial charge in [-0.05, 0) is 74.0 Å². The van der Waals surface area contributed by atoms with Gasteiger partial charge in [0.1, 0.15) is 0 Å². The fourth-order valence-corrected chi connectivity index (χ4v) is 4.40. The van der Waals surface area contributed by atoms with E-state index in [2.05, 4.69) is 52.3 Å². The molecule has 0 radical (unpaired) electrons. The monoisotopic (exact) mass is 322 g/mol. The van der Waals surface area contributed by atoms with Gasteiger partial charge < -0.3 is 9.80 Å². The fourth-order valence-electron chi connectivity index (χ4n) is 4.40. The van der Waals surface area contributed by atoms with E-state index in [1.54, 1.807) is 0 Å². The summed E-state index contributed by atoms with van der Waals surface area (Å²) >= 11 is 0. The summed E-state index contributed by atoms with van der Waals surface area (Å²) in [7, 11) is 0. The fraction of sp³-hybridized carbons (Fsp3) is 0.545. The van der Waals surface area contributed by atoms with Crippen molar-refractivity contribution < 1.29 is 0 Å². The maximum atomic E-state index is 2.71. The van der Waals surface area contributed by atoms with Crippen molar-refractivity contribution in [2.75, 3.05) is 39.3 Å². The maximum absolute atomic E-state index is 2.71. The molecule has 128 valence electrons. The van der Waals surface area contributed by atoms with Gasteiger partial charge in [-0.1, -0.05) is 42.5 Å². The van der Waals surface area contributed by atoms with E-state index in [-0.39, 0.29) is 0 Å². The van der Waals surface area contributed by atoms with Crippen LogP contribution in [0.3, 0.4) is 0 Å². The Morgan fingerprint density at radius 1 is 0.792 bits per heavy atom. The molecule has 2 aromatic carbocycles. The Hall–Kier alpha value is -1.38. The van der Waals surface area contributed by atoms with Gasteiger partial charge in [-0.15, -0.1) is 0 Å². The van der Waals surface area contributed by atoms with Crippen molar-refractivity contribution >= 4 is 10.8 Å². The van der Waals surface area contributed by atoms with Crippen LogP contribution in [-0.4, -0.2) is 49.1 Å². The average molecular weight is 322 g/mol. The Balaban J connectivity index is 1.38. The Morgan fingerprint density at radius 3 is 2.62 bits per heavy atom. The van der Waals surface area contributed by atoms with Crippen LogP contribution in [0.25, 0.3) is 10.8 Å². The minimum Gasteiger partial charge on any atom is -0.302 e. The van der Waals surface area contributed by atoms with Gasteiger partial charge in [0.25, 0.3) is 0 Å². The molecular weight excluding hydrogens is 292 g/mol. The molecule has 2 aliphatic heterocycles. The molecule has 0 amide bonds. The van der Waals surface area contributed by atoms with E-state index in [0.29, 0.717) is 0 Å². The minimum absolute atomic E-state index is 0.969. The highest BCUT2D eigenvalue weighted by Crippen LogP contribution is 2.23. The van der Waals surface area contributed by atoms with Crippen LogP contribution >= 0.6 is 0 Å². The summed E-state index contributed by atoms with van der Waals surface area (Å²) in [6.07, 6.45) is 6.89. The molecule has 2 aromatic rings. The first-order valence-corrected chi connectivity index (χ1v) is 9.79. The van der Waals surface area contributed by atoms with Crippen LogP contribution in [0.1, 0.15) is 31.2 Å². The zero-order chi connectivity index (χ0) is 16.2. The van der Waals surface area contributed by atoms with Crippen LogP contribution in [0, 0.1) is 5.92 Å². The lowest BCUT2D eigenvalue weighted by Crippen LogP contribution is -2.36. The van der Waals surface area contributed by atoms with E-state index in [1.165, 1.54) is 87.7 Å². The van der Waals surface area contributed by atoms with E-state index in [1.807, 2.05) is 0 Å². The predicted molar refractivity (Wildman–Crippen MR) is 102 cm³/mol. The summed E-state index contributed by atoms with van der Waals surface area (Å²) in [6.45, 7) is 7.69. The van der Waals surface area contributed by atoms with E-state index in [9.17, 15) is 0 Å². The molecule has 2 heteroatoms. The van der Waals surface area contributed by atoms with Crippen LogP contribution in [-0.2, 0) is 6.42 Å². The maximum Gasteiger partial charge on any atom is 0.0109 e. The van der Waals surface area contributed by atoms with E-state index >= 15 is 0 Å². The molecule has 0 spiro atoms. The molecule has 0 N–H and O–H groups in total. The summed E-state index contributed by atoms with van der Waals surface area (Å²) in [5, 5.41) is 2.73. The topological polar surface area (TPSA) is 6.48 Å². The van der Waals surface area contributed by atoms with Crippen LogP contribution in [0.4, 0.5) is 0 Å². The number of rotatable bonds is 3. The highest BCUT2D eigenvalue weighted by molar-refractivity contribution is 5.82. The second-order valence-electron chi connectivity index (χ2n) is 7.70. The van der Waals surface area contributed by atoms with Gasteiger partial charge in [-0.25, -0.2) is 0 Å². The van der Waals surface area contributed by atoms with E-state index in [4.69, 9.17) is 0 Å². The SMILES string of the molecule is c1ccc2cc(CCN3CCC4CCCN(CC4)CC3)ccc2c1. The molecule has 2 aliphatic rings. The smallest absolute Gasteiger partial charge is 0.0109 e. The standard InChI is InChI=1S/C22H30N2/c1-2-6-22-18-20(7-8-21(22)5-1)11-15-24-14-10-19-4-3-12-23(13-9-19)16-17-24/h1-2,5-8,18-19H,3-4,9-17H2. The molecule has 2 bridgehead atoms. The normalized spacial score (nSPS) is 25.8. The number of fused-ring (bicyclic) bond motifs is 4. The summed E-state index contributed by atoms with van der Waals surface area (Å²) in [6, 6.07) is 15.7. The van der Waals surface area contributed by atoms with Gasteiger partial charge in [0.15, 0.2) is 0 Å². The summed E-state index contributed by atoms with van der Waals surface area (Å²) in [5.74, 6) is 0.969. The van der Waals surface area contributed by atoms with Crippen LogP contribution in [0.2, 0.25) is 0 Å². The Labute approximate surface area is 146 Å². The van der Waals surface area contributed by atoms with Crippen molar-refractivity contribution in [3.05, 3.63) is 48.0 Å². The van der Waals surface area contributed by atoms with Gasteiger partial charge in [-0.2, -0.15) is 0 Å². The first-order chi connectivity index (χ1) is 11.9. The molecule has 2 unspecified atom stereocenters. The highest BCUT2D eigenvalue weighted by Gasteiger charge is 2.20. The van der Waals surface area contributed by atoms with E-state index in [0.717, 1.165) is 5.92 Å². The molecule has 0 saturated carbocycles. The summed E-state index contributed by atoms with van der Waals surface area (Å²) in [4.78, 5) is 5.42. The van der Waals surface area contributed by atoms with Gasteiger partial charge in [0, 0.05) is 19.6 Å². The van der Waals surface area contributed by atoms with Crippen LogP contribution < -0.4 is 0 Å². The van der Waals surface area contributed by atoms with Gasteiger partial charge in [0.05, 0.1) is 0 Å². The molecule has 0 aromatic heterocycles. The third-order valence-electron chi connectivity index (χ3n) is 6.06. The largest absolute Gasteiger partial charge is 0.302 e. The predicted octanol–water partition coefficient (Wildman–Crippen LogP) is 4.19. The number of hydrogen-bond acceptors (Lipinski definition) is 2. The zero-order valence-electron chi connectivity index (χ0n) is 14.8. The lowest BCUT2D eigenvalue weighted by Gasteiger charge is -2.27. The summed E-state index contributed by atoms with van der Waals surface area (Å²) < 4.78 is 0. The molecule has 24 heavy (non-hydrogen) atoms. The Kier molecular flexibility index (Phi) is 5.15. The van der Waals surface area contributed by atoms with Crippen molar-refractivity contribution in [1.29, 1.82) is 0 Å². The molecular formula is C22H30N2. The van der Waals surface area contributed by atoms with Gasteiger partial charge in [-0.3, -0.25) is 0 Å². The molecule has 2 saturated heterocycles. The minimum atomic E-state index is 0.969. The Morgan fingerprint density at radius 2 is 1.67 bits per heavy atom. The van der Waals surface area contributed by atoms with Crippen LogP contribution in [0.5, 0.6) is 0 Å². The van der Waals surface area contributed by atoms with Gasteiger partial charge >= 0.3 is 0 Å². The van der Waals surface area contributed by atoms with E-state index < -0.39 is 0 Å². The third kappa shape index (κ3) is 3.99. The second kappa shape index (κ2) is 7.67. The first-order valence-electron chi connectivity index (χ1n) is 9.79. The highest BCUT2D eigenvalue weighted by atomic mass is 15.2. The molecule has 4 rings (SSSR count). The zero-order valence-corrected chi connectivity index (χ0v) is 14.8. The van der Waals surface area contributed by atoms with Crippen molar-refractivity contribution in [2.45, 2.75) is 32.1 Å². The lowest BCUT2D eigenvalue weighted by atomic mass is 9.96. The number of hydrogen-bond donors (Lipinski definition) is 0. The quantitative estimate of drug-likeness (QED) is 0.836. The van der Waals surface area contributed by atoms with Crippen molar-refractivity contribution in [3.8, 4) is 0 Å². The second-order valence-corrected chi connectivity index (χ2v) is 7.70. The van der Waals surface area contributed by atoms with Crippen LogP contribution in [0.15, 0.2) is 42.5 Å². The molecule has 2 fully saturated rings. The molecule has 2 heterocycles. The van der Waals surface area contributed by atoms with Crippen molar-refractivity contribution in [3.63, 3.8) is 0 Å². The van der Waals surface area contributed by atoms with Crippen molar-refractivity contribution in [2.24, 2.45) is 5.92 Å². The van der Waals surface area contributed by atoms with Gasteiger partial charge in [0.2, 0.25) is 0 Å². The lowest BCUT2D eigenvalue weighted by molar-refractivity contribution is 0.209. The number of benzene rings is 2. The average Bonchev–Trinajstić information content (AvgIpc) is 2.81. The molecule has 2 atom stereocenters. The van der Waals surface area contributed by atoms with Crippen molar-refractivity contribution in [1.82, 2.24) is 9.80 Å². The molecule has 2 nitrogen and oxygen atoms in total. The molecule has 0 aliphatic carbocycles. The third-order valence-corrected chi connectivity index (χ3v) is 6.06. The Bertz CT molecular complexity index is 650. The number of nitrogens with zero attached hydrogens (tertiary/aromatic N) is 2. The summed E-state index contributed by atoms with van der Waals surface area (Å²) in [5.41, 5.74) is 1.48.